The molecular formula is C9H9N3S2. The summed E-state index contributed by atoms with van der Waals surface area (Å²) in [5.74, 6) is 1.31. The first-order valence-corrected chi connectivity index (χ1v) is 5.94. The van der Waals surface area contributed by atoms with Gasteiger partial charge in [-0.1, -0.05) is 6.07 Å². The summed E-state index contributed by atoms with van der Waals surface area (Å²) in [5, 5.41) is 2.07. The summed E-state index contributed by atoms with van der Waals surface area (Å²) in [6.45, 7) is 0. The van der Waals surface area contributed by atoms with E-state index in [-0.39, 0.29) is 0 Å². The highest BCUT2D eigenvalue weighted by molar-refractivity contribution is 8.00. The van der Waals surface area contributed by atoms with Gasteiger partial charge in [-0.05, 0) is 11.4 Å². The van der Waals surface area contributed by atoms with Crippen molar-refractivity contribution in [3.05, 3.63) is 35.6 Å². The van der Waals surface area contributed by atoms with Crippen LogP contribution in [0, 0.1) is 0 Å². The van der Waals surface area contributed by atoms with E-state index in [0.29, 0.717) is 5.82 Å². The molecule has 0 atom stereocenters. The number of rotatable bonds is 3. The maximum Gasteiger partial charge on any atom is 0.141 e. The third-order valence-electron chi connectivity index (χ3n) is 1.58. The minimum absolute atomic E-state index is 0.467. The van der Waals surface area contributed by atoms with Gasteiger partial charge in [0.25, 0.3) is 0 Å². The highest BCUT2D eigenvalue weighted by Crippen LogP contribution is 2.25. The van der Waals surface area contributed by atoms with Gasteiger partial charge in [0, 0.05) is 5.75 Å². The quantitative estimate of drug-likeness (QED) is 0.812. The van der Waals surface area contributed by atoms with Gasteiger partial charge in [-0.25, -0.2) is 4.98 Å². The van der Waals surface area contributed by atoms with E-state index < -0.39 is 0 Å². The second-order valence-electron chi connectivity index (χ2n) is 2.65. The molecule has 0 aliphatic heterocycles. The van der Waals surface area contributed by atoms with E-state index >= 15 is 0 Å². The van der Waals surface area contributed by atoms with Crippen molar-refractivity contribution >= 4 is 28.9 Å². The molecule has 0 saturated carbocycles. The number of anilines is 1. The van der Waals surface area contributed by atoms with E-state index in [2.05, 4.69) is 21.4 Å². The summed E-state index contributed by atoms with van der Waals surface area (Å²) in [4.78, 5) is 8.16. The fraction of sp³-hybridized carbons (Fsp3) is 0.111. The van der Waals surface area contributed by atoms with Crippen molar-refractivity contribution in [3.63, 3.8) is 0 Å². The number of nitrogens with two attached hydrogens (primary N) is 1. The molecule has 0 saturated heterocycles. The van der Waals surface area contributed by atoms with Gasteiger partial charge in [0.1, 0.15) is 5.82 Å². The molecule has 0 aromatic carbocycles. The maximum atomic E-state index is 5.44. The van der Waals surface area contributed by atoms with Gasteiger partial charge < -0.3 is 5.73 Å². The standard InChI is InChI=1S/C9H9N3S2/c10-8-5-11-7(4-12-8)6-14-9-2-1-3-13-9/h1-5H,6H2,(H2,10,12). The summed E-state index contributed by atoms with van der Waals surface area (Å²) in [6, 6.07) is 4.14. The van der Waals surface area contributed by atoms with Crippen LogP contribution in [-0.2, 0) is 5.75 Å². The third-order valence-corrected chi connectivity index (χ3v) is 3.75. The van der Waals surface area contributed by atoms with E-state index in [1.807, 2.05) is 6.07 Å². The fourth-order valence-corrected chi connectivity index (χ4v) is 2.61. The summed E-state index contributed by atoms with van der Waals surface area (Å²) >= 11 is 3.50. The van der Waals surface area contributed by atoms with Crippen molar-refractivity contribution in [2.75, 3.05) is 5.73 Å². The third kappa shape index (κ3) is 2.46. The number of hydrogen-bond donors (Lipinski definition) is 1. The van der Waals surface area contributed by atoms with Crippen molar-refractivity contribution in [1.82, 2.24) is 9.97 Å². The van der Waals surface area contributed by atoms with Crippen LogP contribution < -0.4 is 5.73 Å². The van der Waals surface area contributed by atoms with Crippen molar-refractivity contribution in [1.29, 1.82) is 0 Å². The van der Waals surface area contributed by atoms with Gasteiger partial charge in [-0.2, -0.15) is 0 Å². The first-order valence-electron chi connectivity index (χ1n) is 4.07. The number of hydrogen-bond acceptors (Lipinski definition) is 5. The van der Waals surface area contributed by atoms with Crippen LogP contribution >= 0.6 is 23.1 Å². The van der Waals surface area contributed by atoms with E-state index in [1.54, 1.807) is 35.5 Å². The molecule has 72 valence electrons. The lowest BCUT2D eigenvalue weighted by Crippen LogP contribution is -1.93. The fourth-order valence-electron chi connectivity index (χ4n) is 0.930. The van der Waals surface area contributed by atoms with Crippen LogP contribution in [0.25, 0.3) is 0 Å². The first-order chi connectivity index (χ1) is 6.84. The Kier molecular flexibility index (Phi) is 3.00. The lowest BCUT2D eigenvalue weighted by molar-refractivity contribution is 1.11. The highest BCUT2D eigenvalue weighted by atomic mass is 32.2. The van der Waals surface area contributed by atoms with Crippen molar-refractivity contribution in [2.24, 2.45) is 0 Å². The molecule has 14 heavy (non-hydrogen) atoms. The number of aromatic nitrogens is 2. The summed E-state index contributed by atoms with van der Waals surface area (Å²) in [7, 11) is 0. The van der Waals surface area contributed by atoms with Crippen molar-refractivity contribution in [2.45, 2.75) is 9.96 Å². The molecular weight excluding hydrogens is 214 g/mol. The number of nitrogens with zero attached hydrogens (tertiary/aromatic N) is 2. The molecule has 2 aromatic rings. The molecule has 2 heterocycles. The molecule has 0 unspecified atom stereocenters. The molecule has 0 aliphatic carbocycles. The van der Waals surface area contributed by atoms with E-state index in [1.165, 1.54) is 4.21 Å². The van der Waals surface area contributed by atoms with Gasteiger partial charge in [0.15, 0.2) is 0 Å². The lowest BCUT2D eigenvalue weighted by Gasteiger charge is -1.98. The molecule has 3 nitrogen and oxygen atoms in total. The minimum Gasteiger partial charge on any atom is -0.382 e. The van der Waals surface area contributed by atoms with Crippen LogP contribution in [0.15, 0.2) is 34.1 Å². The van der Waals surface area contributed by atoms with Crippen LogP contribution in [-0.4, -0.2) is 9.97 Å². The number of thioether (sulfide) groups is 1. The lowest BCUT2D eigenvalue weighted by atomic mass is 10.5. The topological polar surface area (TPSA) is 51.8 Å². The average molecular weight is 223 g/mol. The molecule has 0 spiro atoms. The summed E-state index contributed by atoms with van der Waals surface area (Å²) < 4.78 is 1.30. The predicted octanol–water partition coefficient (Wildman–Crippen LogP) is 2.41. The van der Waals surface area contributed by atoms with Gasteiger partial charge >= 0.3 is 0 Å². The Bertz CT molecular complexity index is 383. The molecule has 0 bridgehead atoms. The molecule has 0 radical (unpaired) electrons. The molecule has 0 aliphatic rings. The zero-order valence-corrected chi connectivity index (χ0v) is 9.02. The van der Waals surface area contributed by atoms with Crippen LogP contribution in [0.2, 0.25) is 0 Å². The summed E-state index contributed by atoms with van der Waals surface area (Å²) in [6.07, 6.45) is 3.31. The predicted molar refractivity (Wildman–Crippen MR) is 60.3 cm³/mol. The Morgan fingerprint density at radius 2 is 2.29 bits per heavy atom. The largest absolute Gasteiger partial charge is 0.382 e. The van der Waals surface area contributed by atoms with Crippen LogP contribution in [0.4, 0.5) is 5.82 Å². The van der Waals surface area contributed by atoms with Crippen molar-refractivity contribution in [3.8, 4) is 0 Å². The molecule has 0 fully saturated rings. The zero-order valence-electron chi connectivity index (χ0n) is 7.38. The molecule has 2 N–H and O–H groups in total. The van der Waals surface area contributed by atoms with Gasteiger partial charge in [0.05, 0.1) is 22.3 Å². The normalized spacial score (nSPS) is 10.3. The monoisotopic (exact) mass is 223 g/mol. The van der Waals surface area contributed by atoms with E-state index in [0.717, 1.165) is 11.4 Å². The summed E-state index contributed by atoms with van der Waals surface area (Å²) in [5.41, 5.74) is 6.40. The Morgan fingerprint density at radius 3 is 2.93 bits per heavy atom. The van der Waals surface area contributed by atoms with Crippen LogP contribution in [0.5, 0.6) is 0 Å². The Balaban J connectivity index is 1.95. The second kappa shape index (κ2) is 4.43. The SMILES string of the molecule is Nc1cnc(CSc2cccs2)cn1. The van der Waals surface area contributed by atoms with Crippen LogP contribution in [0.3, 0.4) is 0 Å². The molecule has 2 aromatic heterocycles. The Labute approximate surface area is 90.4 Å². The minimum atomic E-state index is 0.467. The van der Waals surface area contributed by atoms with Gasteiger partial charge in [-0.15, -0.1) is 23.1 Å². The maximum absolute atomic E-state index is 5.44. The highest BCUT2D eigenvalue weighted by Gasteiger charge is 1.98. The van der Waals surface area contributed by atoms with Gasteiger partial charge in [-0.3, -0.25) is 4.98 Å². The first kappa shape index (κ1) is 9.48. The smallest absolute Gasteiger partial charge is 0.141 e. The zero-order chi connectivity index (χ0) is 9.80. The molecule has 5 heteroatoms. The number of thiophene rings is 1. The van der Waals surface area contributed by atoms with Crippen molar-refractivity contribution < 1.29 is 0 Å². The molecule has 0 amide bonds. The second-order valence-corrected chi connectivity index (χ2v) is 4.88. The molecule has 2 rings (SSSR count). The van der Waals surface area contributed by atoms with E-state index in [4.69, 9.17) is 5.73 Å². The number of nitrogen functional groups attached to an aromatic ring is 1. The van der Waals surface area contributed by atoms with Crippen LogP contribution in [0.1, 0.15) is 5.69 Å². The van der Waals surface area contributed by atoms with E-state index in [9.17, 15) is 0 Å². The van der Waals surface area contributed by atoms with Gasteiger partial charge in [0.2, 0.25) is 0 Å². The Hall–Kier alpha value is -1.07. The Morgan fingerprint density at radius 1 is 1.36 bits per heavy atom. The average Bonchev–Trinajstić information content (AvgIpc) is 2.70.